The van der Waals surface area contributed by atoms with Crippen LogP contribution in [0.5, 0.6) is 0 Å². The molecule has 1 saturated heterocycles. The lowest BCUT2D eigenvalue weighted by molar-refractivity contribution is 0.0521. The van der Waals surface area contributed by atoms with E-state index in [4.69, 9.17) is 0 Å². The summed E-state index contributed by atoms with van der Waals surface area (Å²) in [5.41, 5.74) is 1.96. The molecule has 3 amide bonds. The predicted molar refractivity (Wildman–Crippen MR) is 110 cm³/mol. The number of fused-ring (bicyclic) bond motifs is 2. The highest BCUT2D eigenvalue weighted by Crippen LogP contribution is 2.36. The van der Waals surface area contributed by atoms with E-state index in [2.05, 4.69) is 0 Å². The third kappa shape index (κ3) is 3.05. The van der Waals surface area contributed by atoms with Gasteiger partial charge in [0.25, 0.3) is 17.7 Å². The number of imide groups is 1. The molecule has 3 aliphatic rings. The maximum absolute atomic E-state index is 13.0. The van der Waals surface area contributed by atoms with Crippen LogP contribution in [0.4, 0.5) is 5.69 Å². The summed E-state index contributed by atoms with van der Waals surface area (Å²) in [4.78, 5) is 41.4. The van der Waals surface area contributed by atoms with Gasteiger partial charge in [-0.2, -0.15) is 0 Å². The molecule has 5 heteroatoms. The molecule has 0 N–H and O–H groups in total. The fourth-order valence-electron chi connectivity index (χ4n) is 5.14. The Kier molecular flexibility index (Phi) is 4.46. The zero-order chi connectivity index (χ0) is 20.0. The molecule has 1 aliphatic carbocycles. The van der Waals surface area contributed by atoms with Crippen molar-refractivity contribution in [3.8, 4) is 0 Å². The molecule has 5 nitrogen and oxygen atoms in total. The van der Waals surface area contributed by atoms with Crippen LogP contribution in [0, 0.1) is 11.8 Å². The summed E-state index contributed by atoms with van der Waals surface area (Å²) in [5, 5.41) is 0. The maximum Gasteiger partial charge on any atom is 0.266 e. The highest BCUT2D eigenvalue weighted by molar-refractivity contribution is 6.34. The Morgan fingerprint density at radius 3 is 2.07 bits per heavy atom. The summed E-state index contributed by atoms with van der Waals surface area (Å²) >= 11 is 0. The number of benzene rings is 2. The number of carbonyl (C=O) groups excluding carboxylic acids is 3. The van der Waals surface area contributed by atoms with Crippen LogP contribution >= 0.6 is 0 Å². The van der Waals surface area contributed by atoms with E-state index in [0.29, 0.717) is 28.3 Å². The first-order chi connectivity index (χ1) is 14.1. The van der Waals surface area contributed by atoms with Crippen LogP contribution < -0.4 is 4.90 Å². The number of anilines is 1. The molecule has 2 aliphatic heterocycles. The second kappa shape index (κ2) is 7.14. The first-order valence-electron chi connectivity index (χ1n) is 10.5. The van der Waals surface area contributed by atoms with Crippen molar-refractivity contribution in [1.82, 2.24) is 4.90 Å². The fourth-order valence-corrected chi connectivity index (χ4v) is 5.14. The Hall–Kier alpha value is -2.95. The summed E-state index contributed by atoms with van der Waals surface area (Å²) in [6.45, 7) is 1.67. The molecule has 5 rings (SSSR count). The van der Waals surface area contributed by atoms with Crippen LogP contribution in [-0.2, 0) is 0 Å². The Labute approximate surface area is 170 Å². The van der Waals surface area contributed by atoms with Gasteiger partial charge < -0.3 is 4.90 Å². The second-order valence-corrected chi connectivity index (χ2v) is 8.38. The molecule has 2 aromatic carbocycles. The lowest BCUT2D eigenvalue weighted by atomic mass is 9.75. The number of hydrogen-bond donors (Lipinski definition) is 0. The Balaban J connectivity index is 1.33. The van der Waals surface area contributed by atoms with Crippen LogP contribution in [0.3, 0.4) is 0 Å². The molecule has 2 atom stereocenters. The monoisotopic (exact) mass is 388 g/mol. The van der Waals surface area contributed by atoms with E-state index < -0.39 is 0 Å². The van der Waals surface area contributed by atoms with Gasteiger partial charge in [-0.05, 0) is 61.1 Å². The van der Waals surface area contributed by atoms with E-state index in [0.717, 1.165) is 25.4 Å². The quantitative estimate of drug-likeness (QED) is 0.727. The van der Waals surface area contributed by atoms with Gasteiger partial charge in [0.05, 0.1) is 16.8 Å². The van der Waals surface area contributed by atoms with Gasteiger partial charge in [0.15, 0.2) is 0 Å². The van der Waals surface area contributed by atoms with E-state index in [-0.39, 0.29) is 17.7 Å². The van der Waals surface area contributed by atoms with Crippen molar-refractivity contribution < 1.29 is 14.4 Å². The summed E-state index contributed by atoms with van der Waals surface area (Å²) in [5.74, 6) is 0.832. The highest BCUT2D eigenvalue weighted by Gasteiger charge is 2.37. The Morgan fingerprint density at radius 1 is 0.793 bits per heavy atom. The molecule has 0 bridgehead atoms. The van der Waals surface area contributed by atoms with Gasteiger partial charge >= 0.3 is 0 Å². The topological polar surface area (TPSA) is 57.7 Å². The van der Waals surface area contributed by atoms with Crippen LogP contribution in [0.25, 0.3) is 0 Å². The number of nitrogens with zero attached hydrogens (tertiary/aromatic N) is 2. The molecule has 0 unspecified atom stereocenters. The fraction of sp³-hybridized carbons (Fsp3) is 0.375. The number of likely N-dealkylation sites (tertiary alicyclic amines) is 1. The summed E-state index contributed by atoms with van der Waals surface area (Å²) in [6.07, 6.45) is 6.24. The number of amides is 3. The molecule has 2 fully saturated rings. The van der Waals surface area contributed by atoms with Crippen molar-refractivity contribution in [2.45, 2.75) is 32.1 Å². The van der Waals surface area contributed by atoms with E-state index in [1.807, 2.05) is 4.90 Å². The van der Waals surface area contributed by atoms with E-state index in [9.17, 15) is 14.4 Å². The average Bonchev–Trinajstić information content (AvgIpc) is 3.03. The molecule has 148 valence electrons. The van der Waals surface area contributed by atoms with Gasteiger partial charge in [0, 0.05) is 18.7 Å². The van der Waals surface area contributed by atoms with Crippen LogP contribution in [0.15, 0.2) is 48.5 Å². The molecule has 0 spiro atoms. The summed E-state index contributed by atoms with van der Waals surface area (Å²) < 4.78 is 0. The number of carbonyl (C=O) groups is 3. The van der Waals surface area contributed by atoms with Crippen molar-refractivity contribution in [3.63, 3.8) is 0 Å². The normalized spacial score (nSPS) is 23.7. The zero-order valence-electron chi connectivity index (χ0n) is 16.3. The van der Waals surface area contributed by atoms with E-state index in [1.54, 1.807) is 48.5 Å². The SMILES string of the molecule is O=C(c1ccc(N2C(=O)c3ccccc3C2=O)cc1)N1CC[C@H]2CCCC[C@H]2C1. The molecule has 29 heavy (non-hydrogen) atoms. The minimum absolute atomic E-state index is 0.0444. The Bertz CT molecular complexity index is 947. The molecule has 0 aromatic heterocycles. The van der Waals surface area contributed by atoms with Gasteiger partial charge in [0.1, 0.15) is 0 Å². The lowest BCUT2D eigenvalue weighted by Crippen LogP contribution is -2.44. The molecule has 1 saturated carbocycles. The minimum atomic E-state index is -0.316. The summed E-state index contributed by atoms with van der Waals surface area (Å²) in [7, 11) is 0. The van der Waals surface area contributed by atoms with Crippen molar-refractivity contribution >= 4 is 23.4 Å². The number of hydrogen-bond acceptors (Lipinski definition) is 3. The van der Waals surface area contributed by atoms with Crippen LogP contribution in [0.1, 0.15) is 63.2 Å². The van der Waals surface area contributed by atoms with E-state index in [1.165, 1.54) is 30.6 Å². The second-order valence-electron chi connectivity index (χ2n) is 8.38. The van der Waals surface area contributed by atoms with Gasteiger partial charge in [0.2, 0.25) is 0 Å². The first kappa shape index (κ1) is 18.1. The van der Waals surface area contributed by atoms with E-state index >= 15 is 0 Å². The maximum atomic E-state index is 13.0. The smallest absolute Gasteiger partial charge is 0.266 e. The third-order valence-corrected chi connectivity index (χ3v) is 6.74. The van der Waals surface area contributed by atoms with Crippen molar-refractivity contribution in [3.05, 3.63) is 65.2 Å². The summed E-state index contributed by atoms with van der Waals surface area (Å²) in [6, 6.07) is 13.7. The highest BCUT2D eigenvalue weighted by atomic mass is 16.2. The standard InChI is InChI=1S/C24H24N2O3/c27-22(25-14-13-16-5-1-2-6-18(16)15-25)17-9-11-19(12-10-17)26-23(28)20-7-3-4-8-21(20)24(26)29/h3-4,7-12,16,18H,1-2,5-6,13-15H2/t16-,18+/m1/s1. The van der Waals surface area contributed by atoms with Crippen molar-refractivity contribution in [1.29, 1.82) is 0 Å². The van der Waals surface area contributed by atoms with Gasteiger partial charge in [-0.3, -0.25) is 14.4 Å². The predicted octanol–water partition coefficient (Wildman–Crippen LogP) is 4.14. The first-order valence-corrected chi connectivity index (χ1v) is 10.5. The molecule has 2 heterocycles. The molecule has 2 aromatic rings. The van der Waals surface area contributed by atoms with Crippen molar-refractivity contribution in [2.75, 3.05) is 18.0 Å². The largest absolute Gasteiger partial charge is 0.338 e. The minimum Gasteiger partial charge on any atom is -0.338 e. The molecule has 0 radical (unpaired) electrons. The molecular formula is C24H24N2O3. The number of piperidine rings is 1. The lowest BCUT2D eigenvalue weighted by Gasteiger charge is -2.41. The number of rotatable bonds is 2. The van der Waals surface area contributed by atoms with Crippen LogP contribution in [0.2, 0.25) is 0 Å². The van der Waals surface area contributed by atoms with Gasteiger partial charge in [-0.1, -0.05) is 31.4 Å². The molecular weight excluding hydrogens is 364 g/mol. The van der Waals surface area contributed by atoms with Crippen molar-refractivity contribution in [2.24, 2.45) is 11.8 Å². The van der Waals surface area contributed by atoms with Crippen LogP contribution in [-0.4, -0.2) is 35.7 Å². The Morgan fingerprint density at radius 2 is 1.41 bits per heavy atom. The third-order valence-electron chi connectivity index (χ3n) is 6.74. The van der Waals surface area contributed by atoms with Gasteiger partial charge in [-0.15, -0.1) is 0 Å². The average molecular weight is 388 g/mol. The zero-order valence-corrected chi connectivity index (χ0v) is 16.3. The van der Waals surface area contributed by atoms with Gasteiger partial charge in [-0.25, -0.2) is 4.90 Å².